The van der Waals surface area contributed by atoms with Crippen LogP contribution in [0.2, 0.25) is 15.1 Å². The van der Waals surface area contributed by atoms with Gasteiger partial charge in [0, 0.05) is 0 Å². The Labute approximate surface area is 139 Å². The molecule has 22 heavy (non-hydrogen) atoms. The second-order valence-corrected chi connectivity index (χ2v) is 5.27. The van der Waals surface area contributed by atoms with Crippen LogP contribution in [0.5, 0.6) is 0 Å². The summed E-state index contributed by atoms with van der Waals surface area (Å²) in [5.74, 6) is -0.803. The number of halogens is 3. The van der Waals surface area contributed by atoms with Crippen LogP contribution in [0.15, 0.2) is 41.5 Å². The third-order valence-corrected chi connectivity index (χ3v) is 3.35. The number of nitrogens with one attached hydrogen (secondary N) is 1. The highest BCUT2D eigenvalue weighted by atomic mass is 35.5. The van der Waals surface area contributed by atoms with E-state index in [1.54, 1.807) is 6.07 Å². The minimum atomic E-state index is -0.994. The zero-order chi connectivity index (χ0) is 16.3. The number of hydrogen-bond donors (Lipinski definition) is 2. The number of rotatable bonds is 1. The van der Waals surface area contributed by atoms with E-state index >= 15 is 0 Å². The third-order valence-electron chi connectivity index (χ3n) is 2.50. The summed E-state index contributed by atoms with van der Waals surface area (Å²) in [6.07, 6.45) is 1.14. The molecule has 0 fully saturated rings. The smallest absolute Gasteiger partial charge is 0.349 e. The highest BCUT2D eigenvalue weighted by molar-refractivity contribution is 6.40. The van der Waals surface area contributed by atoms with Crippen molar-refractivity contribution < 1.29 is 14.8 Å². The molecule has 9 heteroatoms. The molecule has 114 valence electrons. The Morgan fingerprint density at radius 3 is 2.32 bits per heavy atom. The van der Waals surface area contributed by atoms with Gasteiger partial charge in [0.05, 0.1) is 26.8 Å². The maximum Gasteiger partial charge on any atom is 0.349 e. The van der Waals surface area contributed by atoms with Crippen molar-refractivity contribution >= 4 is 46.7 Å². The molecular formula is C13H8Cl3N3O3. The first-order valence-electron chi connectivity index (χ1n) is 5.80. The molecule has 0 radical (unpaired) electrons. The summed E-state index contributed by atoms with van der Waals surface area (Å²) in [6.45, 7) is 0. The van der Waals surface area contributed by atoms with Gasteiger partial charge >= 0.3 is 6.03 Å². The number of nitrogens with zero attached hydrogens (tertiary/aromatic N) is 2. The zero-order valence-corrected chi connectivity index (χ0v) is 13.0. The number of hydrogen-bond acceptors (Lipinski definition) is 3. The lowest BCUT2D eigenvalue weighted by molar-refractivity contribution is 0.0965. The Bertz CT molecular complexity index is 797. The van der Waals surface area contributed by atoms with Crippen molar-refractivity contribution in [2.45, 2.75) is 0 Å². The number of benzene rings is 1. The molecule has 6 nitrogen and oxygen atoms in total. The molecule has 0 aliphatic heterocycles. The van der Waals surface area contributed by atoms with Crippen LogP contribution in [-0.2, 0) is 0 Å². The fourth-order valence-corrected chi connectivity index (χ4v) is 2.28. The first kappa shape index (κ1) is 16.4. The first-order chi connectivity index (χ1) is 10.4. The first-order valence-corrected chi connectivity index (χ1v) is 6.93. The molecule has 0 atom stereocenters. The average molecular weight is 361 g/mol. The van der Waals surface area contributed by atoms with Gasteiger partial charge in [-0.1, -0.05) is 40.9 Å². The summed E-state index contributed by atoms with van der Waals surface area (Å²) >= 11 is 17.4. The van der Waals surface area contributed by atoms with Crippen LogP contribution in [0.25, 0.3) is 0 Å². The van der Waals surface area contributed by atoms with Gasteiger partial charge in [-0.2, -0.15) is 9.72 Å². The van der Waals surface area contributed by atoms with E-state index in [2.05, 4.69) is 4.99 Å². The SMILES string of the molecule is O=C(/N=c1\ccc(Cl)cn1O)NC(=O)c1c(Cl)cccc1Cl. The predicted octanol–water partition coefficient (Wildman–Crippen LogP) is 3.14. The van der Waals surface area contributed by atoms with E-state index in [1.807, 2.05) is 5.32 Å². The lowest BCUT2D eigenvalue weighted by Gasteiger charge is -2.05. The van der Waals surface area contributed by atoms with Gasteiger partial charge in [-0.3, -0.25) is 10.1 Å². The van der Waals surface area contributed by atoms with Gasteiger partial charge in [-0.15, -0.1) is 0 Å². The van der Waals surface area contributed by atoms with Crippen LogP contribution in [0.3, 0.4) is 0 Å². The van der Waals surface area contributed by atoms with Crippen LogP contribution in [0.4, 0.5) is 4.79 Å². The van der Waals surface area contributed by atoms with Crippen molar-refractivity contribution in [2.75, 3.05) is 0 Å². The van der Waals surface area contributed by atoms with Gasteiger partial charge in [-0.25, -0.2) is 4.79 Å². The molecule has 3 amide bonds. The van der Waals surface area contributed by atoms with E-state index in [4.69, 9.17) is 34.8 Å². The minimum Gasteiger partial charge on any atom is -0.427 e. The van der Waals surface area contributed by atoms with Crippen LogP contribution in [0, 0.1) is 0 Å². The number of aromatic nitrogens is 1. The molecule has 1 aromatic heterocycles. The molecule has 0 saturated heterocycles. The quantitative estimate of drug-likeness (QED) is 0.766. The largest absolute Gasteiger partial charge is 0.427 e. The molecule has 0 bridgehead atoms. The van der Waals surface area contributed by atoms with Crippen LogP contribution < -0.4 is 10.8 Å². The molecule has 0 aliphatic carbocycles. The Morgan fingerprint density at radius 1 is 1.09 bits per heavy atom. The maximum absolute atomic E-state index is 12.0. The molecule has 2 N–H and O–H groups in total. The Morgan fingerprint density at radius 2 is 1.73 bits per heavy atom. The number of carbonyl (C=O) groups is 2. The summed E-state index contributed by atoms with van der Waals surface area (Å²) in [5, 5.41) is 12.0. The molecule has 0 saturated carbocycles. The summed E-state index contributed by atoms with van der Waals surface area (Å²) in [5.41, 5.74) is -0.151. The van der Waals surface area contributed by atoms with Crippen LogP contribution in [-0.4, -0.2) is 21.9 Å². The van der Waals surface area contributed by atoms with E-state index in [0.717, 1.165) is 6.20 Å². The van der Waals surface area contributed by atoms with Crippen LogP contribution in [0.1, 0.15) is 10.4 Å². The van der Waals surface area contributed by atoms with E-state index in [-0.39, 0.29) is 26.1 Å². The van der Waals surface area contributed by atoms with Crippen molar-refractivity contribution in [3.8, 4) is 0 Å². The summed E-state index contributed by atoms with van der Waals surface area (Å²) in [4.78, 5) is 27.2. The average Bonchev–Trinajstić information content (AvgIpc) is 2.41. The normalized spacial score (nSPS) is 11.3. The molecule has 2 aromatic rings. The molecule has 2 rings (SSSR count). The summed E-state index contributed by atoms with van der Waals surface area (Å²) in [6, 6.07) is 6.22. The van der Waals surface area contributed by atoms with E-state index in [1.165, 1.54) is 24.3 Å². The van der Waals surface area contributed by atoms with Gasteiger partial charge in [0.15, 0.2) is 5.49 Å². The van der Waals surface area contributed by atoms with Crippen molar-refractivity contribution in [1.29, 1.82) is 0 Å². The van der Waals surface area contributed by atoms with Gasteiger partial charge < -0.3 is 5.21 Å². The lowest BCUT2D eigenvalue weighted by Crippen LogP contribution is -2.31. The van der Waals surface area contributed by atoms with E-state index < -0.39 is 11.9 Å². The lowest BCUT2D eigenvalue weighted by atomic mass is 10.2. The van der Waals surface area contributed by atoms with E-state index in [0.29, 0.717) is 4.73 Å². The summed E-state index contributed by atoms with van der Waals surface area (Å²) in [7, 11) is 0. The Hall–Kier alpha value is -2.02. The third kappa shape index (κ3) is 3.79. The van der Waals surface area contributed by atoms with E-state index in [9.17, 15) is 14.8 Å². The van der Waals surface area contributed by atoms with Crippen molar-refractivity contribution in [2.24, 2.45) is 4.99 Å². The minimum absolute atomic E-state index is 0.0395. The number of pyridine rings is 1. The monoisotopic (exact) mass is 359 g/mol. The van der Waals surface area contributed by atoms with Gasteiger partial charge in [0.1, 0.15) is 0 Å². The van der Waals surface area contributed by atoms with Gasteiger partial charge in [0.25, 0.3) is 5.91 Å². The Balaban J connectivity index is 2.24. The zero-order valence-electron chi connectivity index (χ0n) is 10.8. The molecule has 1 aromatic carbocycles. The summed E-state index contributed by atoms with van der Waals surface area (Å²) < 4.78 is 0.550. The predicted molar refractivity (Wildman–Crippen MR) is 81.5 cm³/mol. The molecule has 1 heterocycles. The highest BCUT2D eigenvalue weighted by Gasteiger charge is 2.16. The standard InChI is InChI=1S/C13H8Cl3N3O3/c14-7-4-5-10(19(22)6-7)17-13(21)18-12(20)11-8(15)2-1-3-9(11)16/h1-6,22H,(H,18,20,21)/b17-10+. The second kappa shape index (κ2) is 6.83. The van der Waals surface area contributed by atoms with Crippen molar-refractivity contribution in [3.05, 3.63) is 62.6 Å². The molecule has 0 spiro atoms. The topological polar surface area (TPSA) is 83.7 Å². The number of urea groups is 1. The highest BCUT2D eigenvalue weighted by Crippen LogP contribution is 2.23. The molecule has 0 unspecified atom stereocenters. The van der Waals surface area contributed by atoms with Crippen molar-refractivity contribution in [1.82, 2.24) is 10.0 Å². The van der Waals surface area contributed by atoms with Crippen molar-refractivity contribution in [3.63, 3.8) is 0 Å². The molecule has 0 aliphatic rings. The van der Waals surface area contributed by atoms with Gasteiger partial charge in [-0.05, 0) is 24.3 Å². The van der Waals surface area contributed by atoms with Gasteiger partial charge in [0.2, 0.25) is 0 Å². The number of carbonyl (C=O) groups excluding carboxylic acids is 2. The fraction of sp³-hybridized carbons (Fsp3) is 0. The second-order valence-electron chi connectivity index (χ2n) is 4.02. The fourth-order valence-electron chi connectivity index (χ4n) is 1.55. The molecular weight excluding hydrogens is 353 g/mol. The van der Waals surface area contributed by atoms with Crippen LogP contribution >= 0.6 is 34.8 Å². The Kier molecular flexibility index (Phi) is 5.07. The number of amides is 3. The number of imide groups is 1. The maximum atomic E-state index is 12.0.